The number of nitrogens with zero attached hydrogens (tertiary/aromatic N) is 1. The van der Waals surface area contributed by atoms with E-state index in [0.717, 1.165) is 6.42 Å². The average Bonchev–Trinajstić information content (AvgIpc) is 2.85. The van der Waals surface area contributed by atoms with E-state index in [2.05, 4.69) is 29.3 Å². The van der Waals surface area contributed by atoms with E-state index in [-0.39, 0.29) is 5.82 Å². The number of hydrogen-bond donors (Lipinski definition) is 1. The Kier molecular flexibility index (Phi) is 4.56. The summed E-state index contributed by atoms with van der Waals surface area (Å²) in [6, 6.07) is 9.46. The highest BCUT2D eigenvalue weighted by atomic mass is 32.1. The summed E-state index contributed by atoms with van der Waals surface area (Å²) in [4.78, 5) is 3.52. The molecule has 1 unspecified atom stereocenters. The molecule has 1 atom stereocenters. The molecule has 0 bridgehead atoms. The fourth-order valence-electron chi connectivity index (χ4n) is 1.99. The van der Waals surface area contributed by atoms with Gasteiger partial charge in [-0.2, -0.15) is 0 Å². The summed E-state index contributed by atoms with van der Waals surface area (Å²) < 4.78 is 13.7. The van der Waals surface area contributed by atoms with Crippen LogP contribution in [-0.2, 0) is 13.0 Å². The maximum absolute atomic E-state index is 13.7. The Labute approximate surface area is 117 Å². The number of anilines is 1. The summed E-state index contributed by atoms with van der Waals surface area (Å²) in [7, 11) is 2.02. The molecule has 0 fully saturated rings. The monoisotopic (exact) mass is 278 g/mol. The number of nitrogens with two attached hydrogens (primary N) is 1. The molecule has 102 valence electrons. The van der Waals surface area contributed by atoms with Gasteiger partial charge in [-0.15, -0.1) is 11.3 Å². The maximum atomic E-state index is 13.7. The highest BCUT2D eigenvalue weighted by molar-refractivity contribution is 7.09. The van der Waals surface area contributed by atoms with Crippen LogP contribution in [0.15, 0.2) is 35.7 Å². The Hall–Kier alpha value is -1.39. The fraction of sp³-hybridized carbons (Fsp3) is 0.333. The Morgan fingerprint density at radius 3 is 2.79 bits per heavy atom. The zero-order chi connectivity index (χ0) is 13.8. The molecule has 4 heteroatoms. The van der Waals surface area contributed by atoms with Crippen LogP contribution in [0.25, 0.3) is 0 Å². The van der Waals surface area contributed by atoms with Crippen molar-refractivity contribution in [2.45, 2.75) is 25.9 Å². The number of benzene rings is 1. The second-order valence-electron chi connectivity index (χ2n) is 4.90. The van der Waals surface area contributed by atoms with Crippen LogP contribution in [0, 0.1) is 5.82 Å². The van der Waals surface area contributed by atoms with E-state index < -0.39 is 0 Å². The third-order valence-electron chi connectivity index (χ3n) is 3.33. The van der Waals surface area contributed by atoms with E-state index in [1.165, 1.54) is 10.9 Å². The molecule has 0 amide bonds. The van der Waals surface area contributed by atoms with Crippen LogP contribution < -0.4 is 5.73 Å². The van der Waals surface area contributed by atoms with Gasteiger partial charge in [0, 0.05) is 28.7 Å². The van der Waals surface area contributed by atoms with E-state index >= 15 is 0 Å². The van der Waals surface area contributed by atoms with E-state index in [0.29, 0.717) is 23.8 Å². The van der Waals surface area contributed by atoms with Gasteiger partial charge in [-0.05, 0) is 44.0 Å². The lowest BCUT2D eigenvalue weighted by atomic mass is 10.1. The van der Waals surface area contributed by atoms with Crippen LogP contribution in [0.5, 0.6) is 0 Å². The molecular formula is C15H19FN2S. The van der Waals surface area contributed by atoms with Crippen molar-refractivity contribution in [3.05, 3.63) is 52.0 Å². The molecule has 0 saturated heterocycles. The van der Waals surface area contributed by atoms with Gasteiger partial charge in [-0.25, -0.2) is 4.39 Å². The standard InChI is InChI=1S/C15H19FN2S/c1-11(8-14-4-3-7-19-14)18(2)10-12-5-6-13(17)9-15(12)16/h3-7,9,11H,8,10,17H2,1-2H3. The minimum atomic E-state index is -0.227. The zero-order valence-electron chi connectivity index (χ0n) is 11.3. The number of nitrogen functional groups attached to an aromatic ring is 1. The molecule has 2 rings (SSSR count). The van der Waals surface area contributed by atoms with E-state index in [4.69, 9.17) is 5.73 Å². The lowest BCUT2D eigenvalue weighted by molar-refractivity contribution is 0.246. The highest BCUT2D eigenvalue weighted by Crippen LogP contribution is 2.17. The summed E-state index contributed by atoms with van der Waals surface area (Å²) in [6.45, 7) is 2.76. The third kappa shape index (κ3) is 3.78. The molecule has 2 nitrogen and oxygen atoms in total. The van der Waals surface area contributed by atoms with Gasteiger partial charge in [0.15, 0.2) is 0 Å². The lowest BCUT2D eigenvalue weighted by Crippen LogP contribution is -2.30. The van der Waals surface area contributed by atoms with Gasteiger partial charge >= 0.3 is 0 Å². The molecule has 1 heterocycles. The molecule has 1 aromatic heterocycles. The van der Waals surface area contributed by atoms with Crippen LogP contribution in [0.3, 0.4) is 0 Å². The van der Waals surface area contributed by atoms with Gasteiger partial charge in [0.05, 0.1) is 0 Å². The molecule has 0 saturated carbocycles. The second-order valence-corrected chi connectivity index (χ2v) is 5.93. The van der Waals surface area contributed by atoms with Gasteiger partial charge in [0.25, 0.3) is 0 Å². The van der Waals surface area contributed by atoms with Crippen molar-refractivity contribution in [2.75, 3.05) is 12.8 Å². The first-order valence-electron chi connectivity index (χ1n) is 6.33. The molecule has 0 radical (unpaired) electrons. The summed E-state index contributed by atoms with van der Waals surface area (Å²) in [5.74, 6) is -0.227. The number of rotatable bonds is 5. The van der Waals surface area contributed by atoms with Crippen LogP contribution >= 0.6 is 11.3 Å². The molecular weight excluding hydrogens is 259 g/mol. The number of halogens is 1. The molecule has 0 spiro atoms. The first-order chi connectivity index (χ1) is 9.06. The predicted octanol–water partition coefficient (Wildman–Crippen LogP) is 3.53. The fourth-order valence-corrected chi connectivity index (χ4v) is 2.82. The van der Waals surface area contributed by atoms with Gasteiger partial charge < -0.3 is 5.73 Å². The van der Waals surface area contributed by atoms with Crippen molar-refractivity contribution in [1.82, 2.24) is 4.90 Å². The Morgan fingerprint density at radius 1 is 1.37 bits per heavy atom. The summed E-state index contributed by atoms with van der Waals surface area (Å²) >= 11 is 1.76. The molecule has 0 aliphatic heterocycles. The van der Waals surface area contributed by atoms with Crippen LogP contribution in [0.2, 0.25) is 0 Å². The van der Waals surface area contributed by atoms with Crippen LogP contribution in [0.1, 0.15) is 17.4 Å². The van der Waals surface area contributed by atoms with Crippen molar-refractivity contribution in [2.24, 2.45) is 0 Å². The quantitative estimate of drug-likeness (QED) is 0.848. The molecule has 0 aliphatic rings. The Balaban J connectivity index is 1.98. The van der Waals surface area contributed by atoms with Gasteiger partial charge in [-0.3, -0.25) is 4.90 Å². The summed E-state index contributed by atoms with van der Waals surface area (Å²) in [6.07, 6.45) is 0.991. The molecule has 0 aliphatic carbocycles. The largest absolute Gasteiger partial charge is 0.399 e. The van der Waals surface area contributed by atoms with E-state index in [1.54, 1.807) is 23.5 Å². The molecule has 19 heavy (non-hydrogen) atoms. The minimum absolute atomic E-state index is 0.227. The minimum Gasteiger partial charge on any atom is -0.399 e. The normalized spacial score (nSPS) is 12.8. The number of likely N-dealkylation sites (N-methyl/N-ethyl adjacent to an activating group) is 1. The number of hydrogen-bond acceptors (Lipinski definition) is 3. The first kappa shape index (κ1) is 14.0. The predicted molar refractivity (Wildman–Crippen MR) is 79.8 cm³/mol. The SMILES string of the molecule is CC(Cc1cccs1)N(C)Cc1ccc(N)cc1F. The average molecular weight is 278 g/mol. The van der Waals surface area contributed by atoms with Crippen molar-refractivity contribution >= 4 is 17.0 Å². The first-order valence-corrected chi connectivity index (χ1v) is 7.20. The van der Waals surface area contributed by atoms with Gasteiger partial charge in [0.2, 0.25) is 0 Å². The summed E-state index contributed by atoms with van der Waals surface area (Å²) in [5, 5.41) is 2.09. The molecule has 2 N–H and O–H groups in total. The zero-order valence-corrected chi connectivity index (χ0v) is 12.1. The van der Waals surface area contributed by atoms with Gasteiger partial charge in [-0.1, -0.05) is 12.1 Å². The summed E-state index contributed by atoms with van der Waals surface area (Å²) in [5.41, 5.74) is 6.71. The van der Waals surface area contributed by atoms with Crippen LogP contribution in [0.4, 0.5) is 10.1 Å². The molecule has 2 aromatic rings. The van der Waals surface area contributed by atoms with E-state index in [1.807, 2.05) is 7.05 Å². The Morgan fingerprint density at radius 2 is 2.16 bits per heavy atom. The maximum Gasteiger partial charge on any atom is 0.129 e. The van der Waals surface area contributed by atoms with Crippen LogP contribution in [-0.4, -0.2) is 18.0 Å². The van der Waals surface area contributed by atoms with Crippen molar-refractivity contribution in [1.29, 1.82) is 0 Å². The molecule has 1 aromatic carbocycles. The lowest BCUT2D eigenvalue weighted by Gasteiger charge is -2.24. The number of thiophene rings is 1. The highest BCUT2D eigenvalue weighted by Gasteiger charge is 2.13. The Bertz CT molecular complexity index is 525. The topological polar surface area (TPSA) is 29.3 Å². The van der Waals surface area contributed by atoms with E-state index in [9.17, 15) is 4.39 Å². The second kappa shape index (κ2) is 6.17. The smallest absolute Gasteiger partial charge is 0.129 e. The van der Waals surface area contributed by atoms with Crippen molar-refractivity contribution in [3.63, 3.8) is 0 Å². The van der Waals surface area contributed by atoms with Gasteiger partial charge in [0.1, 0.15) is 5.82 Å². The van der Waals surface area contributed by atoms with Crippen molar-refractivity contribution in [3.8, 4) is 0 Å². The van der Waals surface area contributed by atoms with Crippen molar-refractivity contribution < 1.29 is 4.39 Å². The third-order valence-corrected chi connectivity index (χ3v) is 4.22.